The average Bonchev–Trinajstić information content (AvgIpc) is 2.26. The Morgan fingerprint density at radius 3 is 1.90 bits per heavy atom. The third-order valence-corrected chi connectivity index (χ3v) is 7.73. The molecule has 0 radical (unpaired) electrons. The van der Waals surface area contributed by atoms with Crippen molar-refractivity contribution < 1.29 is 22.6 Å². The maximum absolute atomic E-state index is 12.4. The molecule has 20 heavy (non-hydrogen) atoms. The first-order valence-corrected chi connectivity index (χ1v) is 9.31. The highest BCUT2D eigenvalue weighted by molar-refractivity contribution is 6.73. The van der Waals surface area contributed by atoms with Crippen LogP contribution in [0.5, 0.6) is 0 Å². The van der Waals surface area contributed by atoms with Crippen LogP contribution in [0, 0.1) is 0 Å². The average molecular weight is 306 g/mol. The van der Waals surface area contributed by atoms with E-state index in [-0.39, 0.29) is 11.6 Å². The second kappa shape index (κ2) is 5.87. The van der Waals surface area contributed by atoms with Gasteiger partial charge in [0.15, 0.2) is 0 Å². The van der Waals surface area contributed by atoms with E-state index in [2.05, 4.69) is 20.8 Å². The highest BCUT2D eigenvalue weighted by Crippen LogP contribution is 2.36. The van der Waals surface area contributed by atoms with Gasteiger partial charge in [-0.1, -0.05) is 32.9 Å². The van der Waals surface area contributed by atoms with E-state index >= 15 is 0 Å². The number of hydrogen-bond donors (Lipinski definition) is 0. The van der Waals surface area contributed by atoms with E-state index in [1.165, 1.54) is 12.1 Å². The second-order valence-corrected chi connectivity index (χ2v) is 11.0. The third-order valence-electron chi connectivity index (χ3n) is 3.58. The summed E-state index contributed by atoms with van der Waals surface area (Å²) < 4.78 is 42.7. The van der Waals surface area contributed by atoms with E-state index in [1.54, 1.807) is 0 Å². The van der Waals surface area contributed by atoms with Crippen LogP contribution in [-0.2, 0) is 22.2 Å². The highest BCUT2D eigenvalue weighted by atomic mass is 28.4. The third kappa shape index (κ3) is 4.61. The molecule has 0 saturated carbocycles. The zero-order valence-electron chi connectivity index (χ0n) is 12.5. The summed E-state index contributed by atoms with van der Waals surface area (Å²) in [6, 6.07) is 4.89. The van der Waals surface area contributed by atoms with E-state index in [0.29, 0.717) is 5.56 Å². The van der Waals surface area contributed by atoms with Crippen molar-refractivity contribution in [3.05, 3.63) is 35.4 Å². The van der Waals surface area contributed by atoms with Crippen LogP contribution in [0.25, 0.3) is 0 Å². The van der Waals surface area contributed by atoms with Crippen LogP contribution < -0.4 is 0 Å². The van der Waals surface area contributed by atoms with Crippen molar-refractivity contribution in [3.8, 4) is 0 Å². The molecule has 1 aromatic carbocycles. The molecule has 0 fully saturated rings. The Kier molecular flexibility index (Phi) is 5.05. The Morgan fingerprint density at radius 1 is 1.00 bits per heavy atom. The van der Waals surface area contributed by atoms with Gasteiger partial charge in [-0.15, -0.1) is 0 Å². The van der Waals surface area contributed by atoms with Gasteiger partial charge in [0.05, 0.1) is 5.56 Å². The fraction of sp³-hybridized carbons (Fsp3) is 0.571. The maximum atomic E-state index is 12.4. The van der Waals surface area contributed by atoms with Gasteiger partial charge >= 0.3 is 6.18 Å². The SMILES string of the molecule is CC(C)(C)[Si](C)(C)OOCc1ccc(C(F)(F)F)cc1. The summed E-state index contributed by atoms with van der Waals surface area (Å²) in [5.74, 6) is 0. The number of alkyl halides is 3. The van der Waals surface area contributed by atoms with Crippen LogP contribution in [0.4, 0.5) is 13.2 Å². The van der Waals surface area contributed by atoms with Crippen molar-refractivity contribution in [2.75, 3.05) is 0 Å². The Balaban J connectivity index is 2.56. The first kappa shape index (κ1) is 17.2. The molecule has 0 aliphatic carbocycles. The van der Waals surface area contributed by atoms with E-state index in [0.717, 1.165) is 12.1 Å². The van der Waals surface area contributed by atoms with Crippen LogP contribution in [0.3, 0.4) is 0 Å². The number of rotatable bonds is 4. The zero-order chi connectivity index (χ0) is 15.6. The number of hydrogen-bond acceptors (Lipinski definition) is 2. The lowest BCUT2D eigenvalue weighted by Gasteiger charge is -2.34. The summed E-state index contributed by atoms with van der Waals surface area (Å²) >= 11 is 0. The summed E-state index contributed by atoms with van der Waals surface area (Å²) in [4.78, 5) is 5.22. The van der Waals surface area contributed by atoms with Crippen LogP contribution in [0.2, 0.25) is 18.1 Å². The first-order chi connectivity index (χ1) is 8.93. The molecular weight excluding hydrogens is 285 g/mol. The first-order valence-electron chi connectivity index (χ1n) is 6.40. The van der Waals surface area contributed by atoms with Gasteiger partial charge in [0.1, 0.15) is 6.61 Å². The molecule has 0 spiro atoms. The molecule has 0 heterocycles. The summed E-state index contributed by atoms with van der Waals surface area (Å²) in [5.41, 5.74) is -0.0109. The summed E-state index contributed by atoms with van der Waals surface area (Å²) in [6.45, 7) is 10.5. The molecule has 0 atom stereocenters. The van der Waals surface area contributed by atoms with E-state index in [1.807, 2.05) is 13.1 Å². The van der Waals surface area contributed by atoms with Gasteiger partial charge in [0.25, 0.3) is 0 Å². The standard InChI is InChI=1S/C14H21F3O2Si/c1-13(2,3)20(4,5)19-18-10-11-6-8-12(9-7-11)14(15,16)17/h6-9H,10H2,1-5H3. The van der Waals surface area contributed by atoms with E-state index < -0.39 is 20.1 Å². The summed E-state index contributed by atoms with van der Waals surface area (Å²) in [7, 11) is -2.00. The lowest BCUT2D eigenvalue weighted by molar-refractivity contribution is -0.231. The molecule has 0 aliphatic rings. The van der Waals surface area contributed by atoms with Crippen molar-refractivity contribution in [2.24, 2.45) is 0 Å². The summed E-state index contributed by atoms with van der Waals surface area (Å²) in [5, 5.41) is 0.0210. The lowest BCUT2D eigenvalue weighted by Crippen LogP contribution is -2.40. The Bertz CT molecular complexity index is 433. The molecule has 0 aromatic heterocycles. The fourth-order valence-corrected chi connectivity index (χ4v) is 1.76. The topological polar surface area (TPSA) is 18.5 Å². The van der Waals surface area contributed by atoms with E-state index in [9.17, 15) is 13.2 Å². The molecule has 0 N–H and O–H groups in total. The van der Waals surface area contributed by atoms with Gasteiger partial charge in [0.2, 0.25) is 8.32 Å². The molecule has 1 rings (SSSR count). The fourth-order valence-electron chi connectivity index (χ4n) is 1.16. The lowest BCUT2D eigenvalue weighted by atomic mass is 10.1. The molecule has 0 amide bonds. The minimum Gasteiger partial charge on any atom is -0.286 e. The monoisotopic (exact) mass is 306 g/mol. The predicted octanol–water partition coefficient (Wildman–Crippen LogP) is 5.16. The molecule has 0 bridgehead atoms. The molecule has 0 unspecified atom stereocenters. The Labute approximate surface area is 119 Å². The molecular formula is C14H21F3O2Si. The second-order valence-electron chi connectivity index (χ2n) is 6.30. The van der Waals surface area contributed by atoms with Crippen molar-refractivity contribution in [3.63, 3.8) is 0 Å². The Hall–Kier alpha value is -0.853. The molecule has 1 aromatic rings. The minimum absolute atomic E-state index is 0.0210. The molecule has 2 nitrogen and oxygen atoms in total. The van der Waals surface area contributed by atoms with Gasteiger partial charge < -0.3 is 0 Å². The van der Waals surface area contributed by atoms with Crippen molar-refractivity contribution >= 4 is 8.32 Å². The maximum Gasteiger partial charge on any atom is 0.416 e. The number of halogens is 3. The normalized spacial score (nSPS) is 13.6. The van der Waals surface area contributed by atoms with Crippen LogP contribution >= 0.6 is 0 Å². The van der Waals surface area contributed by atoms with Crippen LogP contribution in [0.15, 0.2) is 24.3 Å². The van der Waals surface area contributed by atoms with Gasteiger partial charge in [-0.3, -0.25) is 4.58 Å². The van der Waals surface area contributed by atoms with Gasteiger partial charge in [-0.25, -0.2) is 4.89 Å². The van der Waals surface area contributed by atoms with Crippen LogP contribution in [0.1, 0.15) is 31.9 Å². The quantitative estimate of drug-likeness (QED) is 0.434. The van der Waals surface area contributed by atoms with Crippen molar-refractivity contribution in [1.29, 1.82) is 0 Å². The molecule has 6 heteroatoms. The number of benzene rings is 1. The Morgan fingerprint density at radius 2 is 1.50 bits per heavy atom. The summed E-state index contributed by atoms with van der Waals surface area (Å²) in [6.07, 6.45) is -4.31. The van der Waals surface area contributed by atoms with Crippen molar-refractivity contribution in [1.82, 2.24) is 0 Å². The highest BCUT2D eigenvalue weighted by Gasteiger charge is 2.39. The molecule has 0 saturated heterocycles. The zero-order valence-corrected chi connectivity index (χ0v) is 13.5. The van der Waals surface area contributed by atoms with Crippen LogP contribution in [-0.4, -0.2) is 8.32 Å². The smallest absolute Gasteiger partial charge is 0.286 e. The van der Waals surface area contributed by atoms with Crippen molar-refractivity contribution in [2.45, 2.75) is 51.7 Å². The molecule has 0 aliphatic heterocycles. The van der Waals surface area contributed by atoms with Gasteiger partial charge in [0, 0.05) is 0 Å². The minimum atomic E-state index is -4.31. The van der Waals surface area contributed by atoms with Gasteiger partial charge in [-0.2, -0.15) is 13.2 Å². The predicted molar refractivity (Wildman–Crippen MR) is 74.5 cm³/mol. The van der Waals surface area contributed by atoms with Gasteiger partial charge in [-0.05, 0) is 35.8 Å². The largest absolute Gasteiger partial charge is 0.416 e. The van der Waals surface area contributed by atoms with E-state index in [4.69, 9.17) is 9.46 Å². The molecule has 114 valence electrons.